The smallest absolute Gasteiger partial charge is 0.148 e. The van der Waals surface area contributed by atoms with E-state index in [0.717, 1.165) is 0 Å². The highest BCUT2D eigenvalue weighted by Gasteiger charge is 1.86. The fraction of sp³-hybridized carbons (Fsp3) is 0.667. The van der Waals surface area contributed by atoms with Crippen molar-refractivity contribution in [3.8, 4) is 0 Å². The lowest BCUT2D eigenvalue weighted by molar-refractivity contribution is 0.296. The van der Waals surface area contributed by atoms with Gasteiger partial charge in [0.15, 0.2) is 0 Å². The minimum absolute atomic E-state index is 0.162. The summed E-state index contributed by atoms with van der Waals surface area (Å²) in [7, 11) is 0. The van der Waals surface area contributed by atoms with Crippen LogP contribution in [0.1, 0.15) is 20.8 Å². The van der Waals surface area contributed by atoms with Crippen LogP contribution in [0.2, 0.25) is 0 Å². The lowest BCUT2D eigenvalue weighted by atomic mass is 10.2. The molecule has 1 nitrogen and oxygen atoms in total. The summed E-state index contributed by atoms with van der Waals surface area (Å²) in [6.07, 6.45) is 1.69. The molecule has 0 saturated carbocycles. The van der Waals surface area contributed by atoms with E-state index in [1.54, 1.807) is 13.0 Å². The highest BCUT2D eigenvalue weighted by atomic mass is 16.3. The standard InChI is InChI=1S/C6H11O/c1-5(2)4-6(3)7/h4-5H,1-3H3/b6-4-. The number of hydrogen-bond acceptors (Lipinski definition) is 0. The maximum absolute atomic E-state index is 10.2. The predicted molar refractivity (Wildman–Crippen MR) is 29.3 cm³/mol. The van der Waals surface area contributed by atoms with Gasteiger partial charge in [0.1, 0.15) is 5.76 Å². The zero-order valence-electron chi connectivity index (χ0n) is 5.06. The Morgan fingerprint density at radius 1 is 1.57 bits per heavy atom. The van der Waals surface area contributed by atoms with Crippen LogP contribution in [0.5, 0.6) is 0 Å². The highest BCUT2D eigenvalue weighted by Crippen LogP contribution is 1.96. The Morgan fingerprint density at radius 3 is 2.00 bits per heavy atom. The first-order valence-electron chi connectivity index (χ1n) is 2.48. The van der Waals surface area contributed by atoms with E-state index in [4.69, 9.17) is 0 Å². The van der Waals surface area contributed by atoms with Crippen LogP contribution in [0.15, 0.2) is 11.8 Å². The first kappa shape index (κ1) is 6.54. The minimum Gasteiger partial charge on any atom is -0.296 e. The summed E-state index contributed by atoms with van der Waals surface area (Å²) in [5.74, 6) is 0.563. The second-order valence-electron chi connectivity index (χ2n) is 2.02. The van der Waals surface area contributed by atoms with Crippen LogP contribution < -0.4 is 0 Å². The second-order valence-corrected chi connectivity index (χ2v) is 2.02. The van der Waals surface area contributed by atoms with E-state index in [9.17, 15) is 5.11 Å². The molecule has 0 aromatic carbocycles. The topological polar surface area (TPSA) is 19.9 Å². The van der Waals surface area contributed by atoms with Crippen molar-refractivity contribution in [2.75, 3.05) is 0 Å². The summed E-state index contributed by atoms with van der Waals surface area (Å²) in [6, 6.07) is 0. The van der Waals surface area contributed by atoms with E-state index < -0.39 is 0 Å². The fourth-order valence-corrected chi connectivity index (χ4v) is 0.469. The van der Waals surface area contributed by atoms with Gasteiger partial charge >= 0.3 is 0 Å². The molecule has 7 heavy (non-hydrogen) atoms. The SMILES string of the molecule is C/C([O])=C/C(C)C. The van der Waals surface area contributed by atoms with Crippen LogP contribution in [0.3, 0.4) is 0 Å². The molecule has 0 N–H and O–H groups in total. The molecule has 0 aliphatic heterocycles. The average Bonchev–Trinajstić information content (AvgIpc) is 1.27. The Balaban J connectivity index is 3.45. The third-order valence-electron chi connectivity index (χ3n) is 0.568. The van der Waals surface area contributed by atoms with Crippen LogP contribution in [-0.2, 0) is 5.11 Å². The van der Waals surface area contributed by atoms with Gasteiger partial charge in [-0.25, -0.2) is 0 Å². The Labute approximate surface area is 44.7 Å². The maximum Gasteiger partial charge on any atom is 0.148 e. The van der Waals surface area contributed by atoms with Crippen LogP contribution in [-0.4, -0.2) is 0 Å². The van der Waals surface area contributed by atoms with Gasteiger partial charge in [-0.15, -0.1) is 0 Å². The lowest BCUT2D eigenvalue weighted by Crippen LogP contribution is -1.78. The molecule has 1 radical (unpaired) electrons. The summed E-state index contributed by atoms with van der Waals surface area (Å²) < 4.78 is 0. The van der Waals surface area contributed by atoms with Crippen molar-refractivity contribution in [3.05, 3.63) is 11.8 Å². The normalized spacial score (nSPS) is 12.9. The van der Waals surface area contributed by atoms with Crippen molar-refractivity contribution >= 4 is 0 Å². The fourth-order valence-electron chi connectivity index (χ4n) is 0.469. The van der Waals surface area contributed by atoms with Crippen LogP contribution in [0, 0.1) is 5.92 Å². The van der Waals surface area contributed by atoms with Gasteiger partial charge in [-0.05, 0) is 18.9 Å². The molecule has 0 aromatic heterocycles. The molecule has 0 saturated heterocycles. The van der Waals surface area contributed by atoms with E-state index in [-0.39, 0.29) is 5.76 Å². The highest BCUT2D eigenvalue weighted by molar-refractivity contribution is 4.87. The molecule has 0 atom stereocenters. The van der Waals surface area contributed by atoms with Gasteiger partial charge in [0.2, 0.25) is 0 Å². The van der Waals surface area contributed by atoms with Gasteiger partial charge in [0, 0.05) is 0 Å². The van der Waals surface area contributed by atoms with Gasteiger partial charge in [-0.1, -0.05) is 13.8 Å². The number of allylic oxidation sites excluding steroid dienone is 2. The maximum atomic E-state index is 10.2. The Kier molecular flexibility index (Phi) is 2.49. The summed E-state index contributed by atoms with van der Waals surface area (Å²) in [4.78, 5) is 0. The molecule has 0 amide bonds. The van der Waals surface area contributed by atoms with Gasteiger partial charge < -0.3 is 0 Å². The Bertz CT molecular complexity index is 68.2. The quantitative estimate of drug-likeness (QED) is 0.448. The molecule has 0 aliphatic carbocycles. The molecule has 0 unspecified atom stereocenters. The molecule has 0 rings (SSSR count). The summed E-state index contributed by atoms with van der Waals surface area (Å²) in [5.41, 5.74) is 0. The average molecular weight is 99.2 g/mol. The van der Waals surface area contributed by atoms with Crippen molar-refractivity contribution in [2.45, 2.75) is 20.8 Å². The molecule has 0 bridgehead atoms. The van der Waals surface area contributed by atoms with Crippen molar-refractivity contribution in [1.82, 2.24) is 0 Å². The van der Waals surface area contributed by atoms with Gasteiger partial charge in [0.25, 0.3) is 0 Å². The molecule has 1 heteroatoms. The third kappa shape index (κ3) is 5.54. The van der Waals surface area contributed by atoms with E-state index in [1.807, 2.05) is 13.8 Å². The zero-order valence-corrected chi connectivity index (χ0v) is 5.06. The Hall–Kier alpha value is -0.460. The molecule has 41 valence electrons. The predicted octanol–water partition coefficient (Wildman–Crippen LogP) is 1.98. The first-order valence-corrected chi connectivity index (χ1v) is 2.48. The molecule has 0 heterocycles. The monoisotopic (exact) mass is 99.1 g/mol. The molecule has 0 fully saturated rings. The van der Waals surface area contributed by atoms with E-state index in [1.165, 1.54) is 0 Å². The Morgan fingerprint density at radius 2 is 2.00 bits per heavy atom. The van der Waals surface area contributed by atoms with E-state index in [0.29, 0.717) is 5.92 Å². The molecule has 0 spiro atoms. The molecule has 0 aliphatic rings. The van der Waals surface area contributed by atoms with E-state index in [2.05, 4.69) is 0 Å². The van der Waals surface area contributed by atoms with Gasteiger partial charge in [-0.2, -0.15) is 0 Å². The summed E-state index contributed by atoms with van der Waals surface area (Å²) in [6.45, 7) is 5.54. The molecule has 0 aromatic rings. The second kappa shape index (κ2) is 2.67. The third-order valence-corrected chi connectivity index (χ3v) is 0.568. The van der Waals surface area contributed by atoms with Crippen molar-refractivity contribution in [2.24, 2.45) is 5.92 Å². The van der Waals surface area contributed by atoms with E-state index >= 15 is 0 Å². The van der Waals surface area contributed by atoms with Crippen LogP contribution >= 0.6 is 0 Å². The van der Waals surface area contributed by atoms with Crippen molar-refractivity contribution in [1.29, 1.82) is 0 Å². The van der Waals surface area contributed by atoms with Crippen LogP contribution in [0.4, 0.5) is 0 Å². The summed E-state index contributed by atoms with van der Waals surface area (Å²) in [5, 5.41) is 10.2. The lowest BCUT2D eigenvalue weighted by Gasteiger charge is -1.89. The number of rotatable bonds is 1. The van der Waals surface area contributed by atoms with Gasteiger partial charge in [0.05, 0.1) is 0 Å². The van der Waals surface area contributed by atoms with Crippen molar-refractivity contribution < 1.29 is 5.11 Å². The molecular formula is C6H11O. The first-order chi connectivity index (χ1) is 3.13. The minimum atomic E-state index is 0.162. The number of hydrogen-bond donors (Lipinski definition) is 0. The largest absolute Gasteiger partial charge is 0.296 e. The van der Waals surface area contributed by atoms with Crippen molar-refractivity contribution in [3.63, 3.8) is 0 Å². The molecular weight excluding hydrogens is 88.1 g/mol. The van der Waals surface area contributed by atoms with Crippen LogP contribution in [0.25, 0.3) is 0 Å². The summed E-state index contributed by atoms with van der Waals surface area (Å²) >= 11 is 0. The van der Waals surface area contributed by atoms with Gasteiger partial charge in [-0.3, -0.25) is 5.11 Å². The zero-order chi connectivity index (χ0) is 5.86.